The van der Waals surface area contributed by atoms with Gasteiger partial charge in [0, 0.05) is 24.8 Å². The minimum Gasteiger partial charge on any atom is -0.395 e. The van der Waals surface area contributed by atoms with Crippen LogP contribution in [0.15, 0.2) is 30.3 Å². The number of para-hydroxylation sites is 1. The quantitative estimate of drug-likeness (QED) is 0.737. The van der Waals surface area contributed by atoms with Crippen LogP contribution in [0.3, 0.4) is 0 Å². The van der Waals surface area contributed by atoms with Crippen LogP contribution in [0.5, 0.6) is 0 Å². The Hall–Kier alpha value is -1.06. The number of nitrogens with two attached hydrogens (primary N) is 1. The Bertz CT molecular complexity index is 277. The van der Waals surface area contributed by atoms with Gasteiger partial charge in [0.15, 0.2) is 0 Å². The average Bonchev–Trinajstić information content (AvgIpc) is 2.35. The first-order valence-corrected chi connectivity index (χ1v) is 5.94. The molecule has 0 saturated carbocycles. The Labute approximate surface area is 97.9 Å². The summed E-state index contributed by atoms with van der Waals surface area (Å²) in [6.07, 6.45) is 2.31. The molecule has 1 rings (SSSR count). The van der Waals surface area contributed by atoms with Crippen LogP contribution in [-0.4, -0.2) is 30.8 Å². The smallest absolute Gasteiger partial charge is 0.0599 e. The fraction of sp³-hybridized carbons (Fsp3) is 0.538. The highest BCUT2D eigenvalue weighted by Crippen LogP contribution is 2.14. The molecule has 0 saturated heterocycles. The highest BCUT2D eigenvalue weighted by Gasteiger charge is 2.09. The molecule has 3 nitrogen and oxygen atoms in total. The maximum absolute atomic E-state index is 9.00. The maximum Gasteiger partial charge on any atom is 0.0599 e. The molecule has 0 aliphatic rings. The Kier molecular flexibility index (Phi) is 5.90. The van der Waals surface area contributed by atoms with Crippen molar-refractivity contribution in [2.45, 2.75) is 25.8 Å². The molecule has 0 bridgehead atoms. The number of hydrogen-bond acceptors (Lipinski definition) is 3. The molecule has 0 heterocycles. The van der Waals surface area contributed by atoms with Gasteiger partial charge in [0.25, 0.3) is 0 Å². The van der Waals surface area contributed by atoms with Crippen LogP contribution in [0.2, 0.25) is 0 Å². The van der Waals surface area contributed by atoms with Crippen molar-refractivity contribution in [3.63, 3.8) is 0 Å². The van der Waals surface area contributed by atoms with Gasteiger partial charge in [-0.3, -0.25) is 0 Å². The molecule has 1 aromatic rings. The van der Waals surface area contributed by atoms with Crippen LogP contribution < -0.4 is 10.6 Å². The highest BCUT2D eigenvalue weighted by atomic mass is 16.3. The molecule has 16 heavy (non-hydrogen) atoms. The number of rotatable bonds is 7. The Morgan fingerprint density at radius 1 is 1.31 bits per heavy atom. The van der Waals surface area contributed by atoms with Gasteiger partial charge in [-0.25, -0.2) is 0 Å². The molecule has 3 heteroatoms. The molecule has 0 fully saturated rings. The van der Waals surface area contributed by atoms with Crippen LogP contribution >= 0.6 is 0 Å². The van der Waals surface area contributed by atoms with E-state index in [1.165, 1.54) is 5.69 Å². The molecule has 3 N–H and O–H groups in total. The van der Waals surface area contributed by atoms with Crippen molar-refractivity contribution in [1.29, 1.82) is 0 Å². The first kappa shape index (κ1) is 13.0. The third-order valence-electron chi connectivity index (χ3n) is 2.59. The maximum atomic E-state index is 9.00. The number of aliphatic hydroxyl groups excluding tert-OH is 1. The first-order chi connectivity index (χ1) is 7.77. The van der Waals surface area contributed by atoms with Gasteiger partial charge in [0.1, 0.15) is 0 Å². The normalized spacial score (nSPS) is 12.4. The number of unbranched alkanes of at least 4 members (excludes halogenated alkanes) is 1. The summed E-state index contributed by atoms with van der Waals surface area (Å²) in [7, 11) is 0. The van der Waals surface area contributed by atoms with E-state index in [0.29, 0.717) is 6.54 Å². The van der Waals surface area contributed by atoms with Crippen LogP contribution in [0.4, 0.5) is 5.69 Å². The van der Waals surface area contributed by atoms with E-state index in [1.54, 1.807) is 0 Å². The van der Waals surface area contributed by atoms with Gasteiger partial charge in [-0.1, -0.05) is 31.5 Å². The van der Waals surface area contributed by atoms with E-state index in [9.17, 15) is 0 Å². The standard InChI is InChI=1S/C13H22N2O/c1-2-3-9-15(10-12(14)11-16)13-7-5-4-6-8-13/h4-8,12,16H,2-3,9-11,14H2,1H3. The summed E-state index contributed by atoms with van der Waals surface area (Å²) < 4.78 is 0. The zero-order chi connectivity index (χ0) is 11.8. The van der Waals surface area contributed by atoms with Gasteiger partial charge >= 0.3 is 0 Å². The third kappa shape index (κ3) is 4.21. The van der Waals surface area contributed by atoms with E-state index in [4.69, 9.17) is 10.8 Å². The molecule has 1 unspecified atom stereocenters. The van der Waals surface area contributed by atoms with Crippen molar-refractivity contribution in [3.8, 4) is 0 Å². The summed E-state index contributed by atoms with van der Waals surface area (Å²) in [4.78, 5) is 2.24. The van der Waals surface area contributed by atoms with Crippen molar-refractivity contribution in [2.75, 3.05) is 24.6 Å². The molecule has 1 atom stereocenters. The monoisotopic (exact) mass is 222 g/mol. The predicted octanol–water partition coefficient (Wildman–Crippen LogP) is 1.61. The predicted molar refractivity (Wildman–Crippen MR) is 68.6 cm³/mol. The van der Waals surface area contributed by atoms with Gasteiger partial charge in [-0.2, -0.15) is 0 Å². The van der Waals surface area contributed by atoms with Crippen molar-refractivity contribution < 1.29 is 5.11 Å². The SMILES string of the molecule is CCCCN(CC(N)CO)c1ccccc1. The molecular weight excluding hydrogens is 200 g/mol. The summed E-state index contributed by atoms with van der Waals surface area (Å²) >= 11 is 0. The molecule has 0 spiro atoms. The molecular formula is C13H22N2O. The lowest BCUT2D eigenvalue weighted by Crippen LogP contribution is -2.40. The number of benzene rings is 1. The second-order valence-electron chi connectivity index (χ2n) is 4.08. The Morgan fingerprint density at radius 2 is 2.00 bits per heavy atom. The zero-order valence-electron chi connectivity index (χ0n) is 9.97. The highest BCUT2D eigenvalue weighted by molar-refractivity contribution is 5.46. The van der Waals surface area contributed by atoms with E-state index in [2.05, 4.69) is 24.0 Å². The summed E-state index contributed by atoms with van der Waals surface area (Å²) in [5, 5.41) is 9.00. The zero-order valence-corrected chi connectivity index (χ0v) is 9.97. The van der Waals surface area contributed by atoms with Crippen molar-refractivity contribution in [2.24, 2.45) is 5.73 Å². The van der Waals surface area contributed by atoms with Gasteiger partial charge < -0.3 is 15.7 Å². The first-order valence-electron chi connectivity index (χ1n) is 5.94. The van der Waals surface area contributed by atoms with Crippen LogP contribution in [0.25, 0.3) is 0 Å². The lowest BCUT2D eigenvalue weighted by Gasteiger charge is -2.27. The average molecular weight is 222 g/mol. The minimum absolute atomic E-state index is 0.0372. The number of anilines is 1. The van der Waals surface area contributed by atoms with E-state index in [1.807, 2.05) is 18.2 Å². The second-order valence-corrected chi connectivity index (χ2v) is 4.08. The Morgan fingerprint density at radius 3 is 2.56 bits per heavy atom. The summed E-state index contributed by atoms with van der Waals surface area (Å²) in [6.45, 7) is 3.92. The largest absolute Gasteiger partial charge is 0.395 e. The van der Waals surface area contributed by atoms with Crippen molar-refractivity contribution >= 4 is 5.69 Å². The third-order valence-corrected chi connectivity index (χ3v) is 2.59. The summed E-state index contributed by atoms with van der Waals surface area (Å²) in [5.41, 5.74) is 6.97. The molecule has 0 aliphatic heterocycles. The molecule has 0 aromatic heterocycles. The van der Waals surface area contributed by atoms with E-state index >= 15 is 0 Å². The van der Waals surface area contributed by atoms with E-state index in [0.717, 1.165) is 19.4 Å². The fourth-order valence-corrected chi connectivity index (χ4v) is 1.65. The molecule has 0 amide bonds. The van der Waals surface area contributed by atoms with Gasteiger partial charge in [0.2, 0.25) is 0 Å². The number of aliphatic hydroxyl groups is 1. The molecule has 90 valence electrons. The Balaban J connectivity index is 2.63. The van der Waals surface area contributed by atoms with Crippen LogP contribution in [-0.2, 0) is 0 Å². The van der Waals surface area contributed by atoms with E-state index in [-0.39, 0.29) is 12.6 Å². The van der Waals surface area contributed by atoms with Crippen LogP contribution in [0.1, 0.15) is 19.8 Å². The molecule has 1 aromatic carbocycles. The number of hydrogen-bond donors (Lipinski definition) is 2. The lowest BCUT2D eigenvalue weighted by atomic mass is 10.2. The minimum atomic E-state index is -0.169. The molecule has 0 radical (unpaired) electrons. The van der Waals surface area contributed by atoms with Gasteiger partial charge in [-0.05, 0) is 18.6 Å². The summed E-state index contributed by atoms with van der Waals surface area (Å²) in [5.74, 6) is 0. The van der Waals surface area contributed by atoms with Crippen LogP contribution in [0, 0.1) is 0 Å². The molecule has 0 aliphatic carbocycles. The van der Waals surface area contributed by atoms with Crippen molar-refractivity contribution in [1.82, 2.24) is 0 Å². The second kappa shape index (κ2) is 7.25. The van der Waals surface area contributed by atoms with Gasteiger partial charge in [-0.15, -0.1) is 0 Å². The summed E-state index contributed by atoms with van der Waals surface area (Å²) in [6, 6.07) is 10.1. The lowest BCUT2D eigenvalue weighted by molar-refractivity contribution is 0.266. The fourth-order valence-electron chi connectivity index (χ4n) is 1.65. The number of nitrogens with zero attached hydrogens (tertiary/aromatic N) is 1. The van der Waals surface area contributed by atoms with Gasteiger partial charge in [0.05, 0.1) is 6.61 Å². The topological polar surface area (TPSA) is 49.5 Å². The van der Waals surface area contributed by atoms with Crippen molar-refractivity contribution in [3.05, 3.63) is 30.3 Å². The van der Waals surface area contributed by atoms with E-state index < -0.39 is 0 Å².